The van der Waals surface area contributed by atoms with Crippen molar-refractivity contribution in [1.29, 1.82) is 0 Å². The summed E-state index contributed by atoms with van der Waals surface area (Å²) in [7, 11) is 0. The molecule has 4 heteroatoms. The molecule has 4 nitrogen and oxygen atoms in total. The Morgan fingerprint density at radius 2 is 1.81 bits per heavy atom. The van der Waals surface area contributed by atoms with Crippen LogP contribution in [0, 0.1) is 5.92 Å². The first-order valence-electron chi connectivity index (χ1n) is 7.50. The summed E-state index contributed by atoms with van der Waals surface area (Å²) in [6, 6.07) is 6.46. The van der Waals surface area contributed by atoms with Gasteiger partial charge in [0, 0.05) is 12.1 Å². The van der Waals surface area contributed by atoms with Crippen molar-refractivity contribution in [2.75, 3.05) is 0 Å². The number of benzene rings is 1. The third-order valence-electron chi connectivity index (χ3n) is 4.43. The highest BCUT2D eigenvalue weighted by Gasteiger charge is 2.36. The van der Waals surface area contributed by atoms with Crippen LogP contribution >= 0.6 is 0 Å². The normalized spacial score (nSPS) is 21.9. The molecule has 1 aromatic rings. The van der Waals surface area contributed by atoms with Crippen LogP contribution in [0.3, 0.4) is 0 Å². The lowest BCUT2D eigenvalue weighted by molar-refractivity contribution is -0.150. The van der Waals surface area contributed by atoms with Gasteiger partial charge in [-0.1, -0.05) is 43.5 Å². The minimum Gasteiger partial charge on any atom is -0.479 e. The minimum atomic E-state index is -0.976. The monoisotopic (exact) mass is 285 g/mol. The quantitative estimate of drug-likeness (QED) is 0.907. The van der Waals surface area contributed by atoms with E-state index in [2.05, 4.69) is 0 Å². The number of hydrogen-bond donors (Lipinski definition) is 1. The Morgan fingerprint density at radius 1 is 1.10 bits per heavy atom. The van der Waals surface area contributed by atoms with Gasteiger partial charge in [-0.15, -0.1) is 0 Å². The van der Waals surface area contributed by atoms with Crippen molar-refractivity contribution in [3.8, 4) is 0 Å². The van der Waals surface area contributed by atoms with E-state index < -0.39 is 12.0 Å². The molecule has 3 rings (SSSR count). The van der Waals surface area contributed by atoms with Gasteiger partial charge in [-0.25, -0.2) is 4.79 Å². The van der Waals surface area contributed by atoms with E-state index in [1.54, 1.807) is 12.3 Å². The van der Waals surface area contributed by atoms with Crippen molar-refractivity contribution in [1.82, 2.24) is 4.90 Å². The number of aliphatic carboxylic acids is 1. The third-order valence-corrected chi connectivity index (χ3v) is 4.43. The minimum absolute atomic E-state index is 0.0319. The molecule has 0 aromatic heterocycles. The molecule has 1 fully saturated rings. The zero-order valence-corrected chi connectivity index (χ0v) is 11.9. The van der Waals surface area contributed by atoms with Crippen LogP contribution in [-0.2, 0) is 9.59 Å². The maximum Gasteiger partial charge on any atom is 0.331 e. The van der Waals surface area contributed by atoms with E-state index in [1.807, 2.05) is 24.3 Å². The molecule has 1 unspecified atom stereocenters. The molecule has 110 valence electrons. The van der Waals surface area contributed by atoms with Crippen molar-refractivity contribution >= 4 is 18.0 Å². The van der Waals surface area contributed by atoms with Gasteiger partial charge < -0.3 is 10.0 Å². The van der Waals surface area contributed by atoms with Gasteiger partial charge in [0.05, 0.1) is 0 Å². The second-order valence-electron chi connectivity index (χ2n) is 5.77. The highest BCUT2D eigenvalue weighted by molar-refractivity contribution is 5.89. The van der Waals surface area contributed by atoms with Gasteiger partial charge in [-0.3, -0.25) is 4.79 Å². The van der Waals surface area contributed by atoms with Gasteiger partial charge in [-0.2, -0.15) is 0 Å². The summed E-state index contributed by atoms with van der Waals surface area (Å²) in [6.45, 7) is 0. The molecule has 1 aliphatic carbocycles. The summed E-state index contributed by atoms with van der Waals surface area (Å²) in [4.78, 5) is 25.8. The fourth-order valence-electron chi connectivity index (χ4n) is 3.32. The number of carbonyl (C=O) groups excluding carboxylic acids is 1. The Kier molecular flexibility index (Phi) is 3.78. The highest BCUT2D eigenvalue weighted by atomic mass is 16.4. The van der Waals surface area contributed by atoms with E-state index in [0.717, 1.165) is 31.2 Å². The van der Waals surface area contributed by atoms with Gasteiger partial charge in [0.1, 0.15) is 0 Å². The van der Waals surface area contributed by atoms with Crippen LogP contribution in [-0.4, -0.2) is 21.9 Å². The maximum absolute atomic E-state index is 12.7. The predicted molar refractivity (Wildman–Crippen MR) is 79.3 cm³/mol. The molecular weight excluding hydrogens is 266 g/mol. The zero-order chi connectivity index (χ0) is 14.8. The number of rotatable bonds is 2. The lowest BCUT2D eigenvalue weighted by Crippen LogP contribution is -2.40. The first kappa shape index (κ1) is 13.9. The third kappa shape index (κ3) is 2.58. The topological polar surface area (TPSA) is 57.6 Å². The van der Waals surface area contributed by atoms with Crippen LogP contribution in [0.4, 0.5) is 0 Å². The van der Waals surface area contributed by atoms with Crippen molar-refractivity contribution < 1.29 is 14.7 Å². The summed E-state index contributed by atoms with van der Waals surface area (Å²) in [5, 5.41) is 9.57. The van der Waals surface area contributed by atoms with E-state index in [-0.39, 0.29) is 11.8 Å². The predicted octanol–water partition coefficient (Wildman–Crippen LogP) is 3.21. The second-order valence-corrected chi connectivity index (χ2v) is 5.77. The number of carboxylic acids is 1. The maximum atomic E-state index is 12.7. The molecule has 1 heterocycles. The van der Waals surface area contributed by atoms with Crippen LogP contribution in [0.15, 0.2) is 30.5 Å². The molecule has 0 radical (unpaired) electrons. The first-order valence-corrected chi connectivity index (χ1v) is 7.50. The fourth-order valence-corrected chi connectivity index (χ4v) is 3.32. The Hall–Kier alpha value is -2.10. The van der Waals surface area contributed by atoms with E-state index in [9.17, 15) is 14.7 Å². The molecule has 1 N–H and O–H groups in total. The zero-order valence-electron chi connectivity index (χ0n) is 11.9. The van der Waals surface area contributed by atoms with Crippen LogP contribution in [0.1, 0.15) is 49.3 Å². The van der Waals surface area contributed by atoms with Crippen molar-refractivity contribution in [3.63, 3.8) is 0 Å². The average molecular weight is 285 g/mol. The molecule has 0 saturated heterocycles. The van der Waals surface area contributed by atoms with Crippen molar-refractivity contribution in [3.05, 3.63) is 41.6 Å². The molecule has 2 aliphatic rings. The summed E-state index contributed by atoms with van der Waals surface area (Å²) >= 11 is 0. The number of carbonyl (C=O) groups is 2. The van der Waals surface area contributed by atoms with Gasteiger partial charge in [0.25, 0.3) is 0 Å². The molecule has 1 atom stereocenters. The number of carboxylic acid groups (broad SMARTS) is 1. The molecule has 0 spiro atoms. The largest absolute Gasteiger partial charge is 0.479 e. The molecular formula is C17H19NO3. The van der Waals surface area contributed by atoms with Crippen LogP contribution in [0.2, 0.25) is 0 Å². The van der Waals surface area contributed by atoms with Gasteiger partial charge in [0.15, 0.2) is 6.04 Å². The van der Waals surface area contributed by atoms with Crippen LogP contribution in [0.5, 0.6) is 0 Å². The van der Waals surface area contributed by atoms with Crippen molar-refractivity contribution in [2.24, 2.45) is 5.92 Å². The molecule has 0 bridgehead atoms. The number of amides is 1. The number of nitrogens with zero attached hydrogens (tertiary/aromatic N) is 1. The van der Waals surface area contributed by atoms with E-state index >= 15 is 0 Å². The Morgan fingerprint density at radius 3 is 2.52 bits per heavy atom. The van der Waals surface area contributed by atoms with Gasteiger partial charge in [0.2, 0.25) is 5.91 Å². The summed E-state index contributed by atoms with van der Waals surface area (Å²) in [6.07, 6.45) is 8.50. The number of hydrogen-bond acceptors (Lipinski definition) is 2. The molecule has 1 amide bonds. The van der Waals surface area contributed by atoms with E-state index in [0.29, 0.717) is 5.56 Å². The smallest absolute Gasteiger partial charge is 0.331 e. The SMILES string of the molecule is O=C(O)C1c2ccccc2C=CN1C(=O)C1CCCCC1. The molecule has 1 saturated carbocycles. The summed E-state index contributed by atoms with van der Waals surface area (Å²) in [5.41, 5.74) is 1.56. The summed E-state index contributed by atoms with van der Waals surface area (Å²) in [5.74, 6) is -1.06. The Labute approximate surface area is 124 Å². The van der Waals surface area contributed by atoms with E-state index in [4.69, 9.17) is 0 Å². The first-order chi connectivity index (χ1) is 10.2. The van der Waals surface area contributed by atoms with Gasteiger partial charge >= 0.3 is 5.97 Å². The van der Waals surface area contributed by atoms with Gasteiger partial charge in [-0.05, 0) is 30.0 Å². The Balaban J connectivity index is 1.91. The van der Waals surface area contributed by atoms with Crippen molar-refractivity contribution in [2.45, 2.75) is 38.1 Å². The lowest BCUT2D eigenvalue weighted by atomic mass is 9.87. The fraction of sp³-hybridized carbons (Fsp3) is 0.412. The van der Waals surface area contributed by atoms with E-state index in [1.165, 1.54) is 11.3 Å². The molecule has 21 heavy (non-hydrogen) atoms. The standard InChI is InChI=1S/C17H19NO3/c19-16(13-7-2-1-3-8-13)18-11-10-12-6-4-5-9-14(12)15(18)17(20)21/h4-6,9-11,13,15H,1-3,7-8H2,(H,20,21). The lowest BCUT2D eigenvalue weighted by Gasteiger charge is -2.34. The molecule has 1 aromatic carbocycles. The average Bonchev–Trinajstić information content (AvgIpc) is 2.53. The number of fused-ring (bicyclic) bond motifs is 1. The molecule has 1 aliphatic heterocycles. The highest BCUT2D eigenvalue weighted by Crippen LogP contribution is 2.34. The van der Waals surface area contributed by atoms with Crippen LogP contribution in [0.25, 0.3) is 6.08 Å². The second kappa shape index (κ2) is 5.72. The Bertz CT molecular complexity index is 587. The summed E-state index contributed by atoms with van der Waals surface area (Å²) < 4.78 is 0. The van der Waals surface area contributed by atoms with Crippen LogP contribution < -0.4 is 0 Å².